The maximum Gasteiger partial charge on any atom is 0.0708 e. The SMILES string of the molecule is C[C@H]1CON[C@H](c2ccccc2)C1. The van der Waals surface area contributed by atoms with Crippen molar-refractivity contribution in [2.24, 2.45) is 5.92 Å². The number of hydrogen-bond donors (Lipinski definition) is 1. The zero-order valence-electron chi connectivity index (χ0n) is 7.86. The first kappa shape index (κ1) is 8.73. The van der Waals surface area contributed by atoms with Gasteiger partial charge in [-0.3, -0.25) is 0 Å². The second-order valence-corrected chi connectivity index (χ2v) is 3.73. The van der Waals surface area contributed by atoms with Gasteiger partial charge in [-0.1, -0.05) is 37.3 Å². The van der Waals surface area contributed by atoms with Crippen LogP contribution in [0.1, 0.15) is 24.9 Å². The molecule has 1 fully saturated rings. The molecule has 70 valence electrons. The second kappa shape index (κ2) is 3.90. The Kier molecular flexibility index (Phi) is 2.62. The lowest BCUT2D eigenvalue weighted by molar-refractivity contribution is -0.0455. The summed E-state index contributed by atoms with van der Waals surface area (Å²) in [7, 11) is 0. The molecule has 0 saturated carbocycles. The van der Waals surface area contributed by atoms with Gasteiger partial charge in [-0.15, -0.1) is 0 Å². The fourth-order valence-corrected chi connectivity index (χ4v) is 1.70. The monoisotopic (exact) mass is 177 g/mol. The molecule has 2 nitrogen and oxygen atoms in total. The normalized spacial score (nSPS) is 28.7. The minimum absolute atomic E-state index is 0.366. The molecule has 1 aromatic carbocycles. The molecule has 0 bridgehead atoms. The molecule has 1 aliphatic rings. The maximum atomic E-state index is 5.30. The molecular weight excluding hydrogens is 162 g/mol. The Hall–Kier alpha value is -0.860. The van der Waals surface area contributed by atoms with Crippen molar-refractivity contribution in [3.8, 4) is 0 Å². The maximum absolute atomic E-state index is 5.30. The van der Waals surface area contributed by atoms with Crippen LogP contribution in [0.5, 0.6) is 0 Å². The molecule has 0 aliphatic carbocycles. The first-order valence-electron chi connectivity index (χ1n) is 4.78. The molecule has 1 saturated heterocycles. The van der Waals surface area contributed by atoms with Gasteiger partial charge in [0, 0.05) is 0 Å². The van der Waals surface area contributed by atoms with Crippen molar-refractivity contribution in [2.45, 2.75) is 19.4 Å². The number of hydroxylamine groups is 1. The number of nitrogens with one attached hydrogen (secondary N) is 1. The van der Waals surface area contributed by atoms with Crippen LogP contribution in [-0.4, -0.2) is 6.61 Å². The van der Waals surface area contributed by atoms with Crippen molar-refractivity contribution in [1.29, 1.82) is 0 Å². The van der Waals surface area contributed by atoms with Gasteiger partial charge in [0.15, 0.2) is 0 Å². The summed E-state index contributed by atoms with van der Waals surface area (Å²) in [5.41, 5.74) is 4.38. The zero-order chi connectivity index (χ0) is 9.10. The van der Waals surface area contributed by atoms with Crippen LogP contribution in [0, 0.1) is 5.92 Å². The van der Waals surface area contributed by atoms with E-state index >= 15 is 0 Å². The van der Waals surface area contributed by atoms with Gasteiger partial charge in [0.25, 0.3) is 0 Å². The third kappa shape index (κ3) is 2.08. The van der Waals surface area contributed by atoms with Crippen molar-refractivity contribution in [2.75, 3.05) is 6.61 Å². The van der Waals surface area contributed by atoms with Gasteiger partial charge in [0.2, 0.25) is 0 Å². The molecule has 2 atom stereocenters. The lowest BCUT2D eigenvalue weighted by atomic mass is 9.96. The van der Waals surface area contributed by atoms with E-state index in [2.05, 4.69) is 36.7 Å². The fourth-order valence-electron chi connectivity index (χ4n) is 1.70. The highest BCUT2D eigenvalue weighted by atomic mass is 16.6. The molecule has 0 amide bonds. The summed E-state index contributed by atoms with van der Waals surface area (Å²) in [4.78, 5) is 5.30. The van der Waals surface area contributed by atoms with E-state index in [9.17, 15) is 0 Å². The predicted octanol–water partition coefficient (Wildman–Crippen LogP) is 2.29. The Labute approximate surface area is 78.9 Å². The molecule has 0 radical (unpaired) electrons. The number of hydrogen-bond acceptors (Lipinski definition) is 2. The quantitative estimate of drug-likeness (QED) is 0.710. The van der Waals surface area contributed by atoms with Crippen molar-refractivity contribution >= 4 is 0 Å². The third-order valence-corrected chi connectivity index (χ3v) is 2.43. The Bertz CT molecular complexity index is 260. The minimum atomic E-state index is 0.366. The van der Waals surface area contributed by atoms with Gasteiger partial charge >= 0.3 is 0 Å². The largest absolute Gasteiger partial charge is 0.301 e. The predicted molar refractivity (Wildman–Crippen MR) is 52.1 cm³/mol. The Morgan fingerprint density at radius 1 is 1.31 bits per heavy atom. The van der Waals surface area contributed by atoms with Crippen LogP contribution >= 0.6 is 0 Å². The van der Waals surface area contributed by atoms with E-state index in [1.165, 1.54) is 5.56 Å². The van der Waals surface area contributed by atoms with E-state index in [1.54, 1.807) is 0 Å². The van der Waals surface area contributed by atoms with E-state index in [-0.39, 0.29) is 0 Å². The van der Waals surface area contributed by atoms with Gasteiger partial charge in [-0.25, -0.2) is 0 Å². The Balaban J connectivity index is 2.08. The van der Waals surface area contributed by atoms with Gasteiger partial charge < -0.3 is 4.84 Å². The van der Waals surface area contributed by atoms with E-state index in [0.29, 0.717) is 12.0 Å². The summed E-state index contributed by atoms with van der Waals surface area (Å²) >= 11 is 0. The smallest absolute Gasteiger partial charge is 0.0708 e. The topological polar surface area (TPSA) is 21.3 Å². The summed E-state index contributed by atoms with van der Waals surface area (Å²) in [6.45, 7) is 3.04. The molecule has 0 unspecified atom stereocenters. The van der Waals surface area contributed by atoms with E-state index < -0.39 is 0 Å². The van der Waals surface area contributed by atoms with E-state index in [0.717, 1.165) is 13.0 Å². The highest BCUT2D eigenvalue weighted by molar-refractivity contribution is 5.18. The van der Waals surface area contributed by atoms with E-state index in [4.69, 9.17) is 4.84 Å². The molecule has 0 aromatic heterocycles. The summed E-state index contributed by atoms with van der Waals surface area (Å²) < 4.78 is 0. The van der Waals surface area contributed by atoms with Gasteiger partial charge in [-0.2, -0.15) is 5.48 Å². The van der Waals surface area contributed by atoms with Crippen LogP contribution in [0.2, 0.25) is 0 Å². The first-order valence-corrected chi connectivity index (χ1v) is 4.78. The summed E-state index contributed by atoms with van der Waals surface area (Å²) in [5, 5.41) is 0. The van der Waals surface area contributed by atoms with Crippen LogP contribution in [0.3, 0.4) is 0 Å². The van der Waals surface area contributed by atoms with Crippen molar-refractivity contribution in [1.82, 2.24) is 5.48 Å². The molecule has 1 aliphatic heterocycles. The first-order chi connectivity index (χ1) is 6.36. The Morgan fingerprint density at radius 2 is 2.08 bits per heavy atom. The van der Waals surface area contributed by atoms with Crippen molar-refractivity contribution in [3.63, 3.8) is 0 Å². The standard InChI is InChI=1S/C11H15NO/c1-9-7-11(12-13-8-9)10-5-3-2-4-6-10/h2-6,9,11-12H,7-8H2,1H3/t9-,11+/m1/s1. The van der Waals surface area contributed by atoms with Crippen molar-refractivity contribution in [3.05, 3.63) is 35.9 Å². The van der Waals surface area contributed by atoms with E-state index in [1.807, 2.05) is 6.07 Å². The molecule has 2 heteroatoms. The summed E-state index contributed by atoms with van der Waals surface area (Å²) in [6, 6.07) is 10.8. The van der Waals surface area contributed by atoms with Crippen LogP contribution in [0.4, 0.5) is 0 Å². The number of rotatable bonds is 1. The lowest BCUT2D eigenvalue weighted by Gasteiger charge is -2.27. The fraction of sp³-hybridized carbons (Fsp3) is 0.455. The molecule has 1 aromatic rings. The van der Waals surface area contributed by atoms with Gasteiger partial charge in [-0.05, 0) is 17.9 Å². The van der Waals surface area contributed by atoms with Gasteiger partial charge in [0.05, 0.1) is 12.6 Å². The summed E-state index contributed by atoms with van der Waals surface area (Å²) in [5.74, 6) is 0.645. The van der Waals surface area contributed by atoms with Crippen LogP contribution in [0.25, 0.3) is 0 Å². The minimum Gasteiger partial charge on any atom is -0.301 e. The van der Waals surface area contributed by atoms with Gasteiger partial charge in [0.1, 0.15) is 0 Å². The second-order valence-electron chi connectivity index (χ2n) is 3.73. The third-order valence-electron chi connectivity index (χ3n) is 2.43. The van der Waals surface area contributed by atoms with Crippen LogP contribution in [0.15, 0.2) is 30.3 Å². The molecule has 0 spiro atoms. The molecular formula is C11H15NO. The molecule has 1 heterocycles. The number of benzene rings is 1. The molecule has 2 rings (SSSR count). The highest BCUT2D eigenvalue weighted by Crippen LogP contribution is 2.24. The highest BCUT2D eigenvalue weighted by Gasteiger charge is 2.19. The van der Waals surface area contributed by atoms with Crippen LogP contribution < -0.4 is 5.48 Å². The average Bonchev–Trinajstić information content (AvgIpc) is 2.19. The average molecular weight is 177 g/mol. The molecule has 1 N–H and O–H groups in total. The van der Waals surface area contributed by atoms with Crippen LogP contribution in [-0.2, 0) is 4.84 Å². The van der Waals surface area contributed by atoms with Crippen molar-refractivity contribution < 1.29 is 4.84 Å². The Morgan fingerprint density at radius 3 is 2.77 bits per heavy atom. The zero-order valence-corrected chi connectivity index (χ0v) is 7.86. The lowest BCUT2D eigenvalue weighted by Crippen LogP contribution is -2.32. The molecule has 13 heavy (non-hydrogen) atoms. The summed E-state index contributed by atoms with van der Waals surface area (Å²) in [6.07, 6.45) is 1.16.